The molecule has 1 saturated heterocycles. The molecule has 1 heterocycles. The fourth-order valence-electron chi connectivity index (χ4n) is 3.62. The Morgan fingerprint density at radius 2 is 1.62 bits per heavy atom. The number of alkyl halides is 5. The first kappa shape index (κ1) is 21.3. The Bertz CT molecular complexity index is 804. The number of halogens is 5. The van der Waals surface area contributed by atoms with Gasteiger partial charge in [0.2, 0.25) is 0 Å². The molecule has 156 valence electrons. The fraction of sp³-hybridized carbons (Fsp3) is 0.364. The minimum absolute atomic E-state index is 0.00588. The third-order valence-corrected chi connectivity index (χ3v) is 5.21. The van der Waals surface area contributed by atoms with E-state index < -0.39 is 17.8 Å². The summed E-state index contributed by atoms with van der Waals surface area (Å²) in [6, 6.07) is 14.2. The number of hydrogen-bond acceptors (Lipinski definition) is 2. The van der Waals surface area contributed by atoms with Gasteiger partial charge in [-0.3, -0.25) is 0 Å². The standard InChI is InChI=1S/C22H22F5NO/c1-2-21(23,24)29-15-20-13-10-17(14-28(20)19-6-4-3-5-7-19)16-8-11-18(12-9-16)22(25,26)27/h2-9,11-12,17,20H,1,10,13-15H2. The lowest BCUT2D eigenvalue weighted by atomic mass is 9.86. The lowest BCUT2D eigenvalue weighted by Crippen LogP contribution is -2.46. The van der Waals surface area contributed by atoms with E-state index in [0.717, 1.165) is 23.4 Å². The van der Waals surface area contributed by atoms with E-state index in [1.54, 1.807) is 0 Å². The van der Waals surface area contributed by atoms with Crippen LogP contribution in [0, 0.1) is 0 Å². The van der Waals surface area contributed by atoms with Crippen LogP contribution in [0.3, 0.4) is 0 Å². The van der Waals surface area contributed by atoms with Crippen LogP contribution in [0.15, 0.2) is 67.3 Å². The monoisotopic (exact) mass is 411 g/mol. The van der Waals surface area contributed by atoms with E-state index in [1.807, 2.05) is 35.2 Å². The molecule has 0 aliphatic carbocycles. The van der Waals surface area contributed by atoms with Crippen LogP contribution >= 0.6 is 0 Å². The maximum absolute atomic E-state index is 13.5. The number of rotatable bonds is 6. The van der Waals surface area contributed by atoms with E-state index in [4.69, 9.17) is 4.74 Å². The van der Waals surface area contributed by atoms with Gasteiger partial charge in [-0.2, -0.15) is 22.0 Å². The number of benzene rings is 2. The Morgan fingerprint density at radius 3 is 2.21 bits per heavy atom. The molecule has 1 fully saturated rings. The molecule has 7 heteroatoms. The average molecular weight is 411 g/mol. The van der Waals surface area contributed by atoms with Gasteiger partial charge in [0.15, 0.2) is 0 Å². The van der Waals surface area contributed by atoms with Crippen molar-refractivity contribution in [1.29, 1.82) is 0 Å². The molecular formula is C22H22F5NO. The Morgan fingerprint density at radius 1 is 0.966 bits per heavy atom. The molecular weight excluding hydrogens is 389 g/mol. The molecule has 2 aromatic rings. The van der Waals surface area contributed by atoms with Crippen molar-refractivity contribution in [3.63, 3.8) is 0 Å². The first-order valence-corrected chi connectivity index (χ1v) is 9.34. The predicted octanol–water partition coefficient (Wildman–Crippen LogP) is 6.25. The van der Waals surface area contributed by atoms with Crippen LogP contribution in [0.4, 0.5) is 27.6 Å². The van der Waals surface area contributed by atoms with Crippen LogP contribution in [0.2, 0.25) is 0 Å². The van der Waals surface area contributed by atoms with Crippen molar-refractivity contribution in [2.75, 3.05) is 18.1 Å². The maximum atomic E-state index is 13.5. The van der Waals surface area contributed by atoms with Crippen LogP contribution in [0.25, 0.3) is 0 Å². The van der Waals surface area contributed by atoms with Gasteiger partial charge in [0.05, 0.1) is 18.2 Å². The summed E-state index contributed by atoms with van der Waals surface area (Å²) in [5.41, 5.74) is 0.976. The van der Waals surface area contributed by atoms with Crippen LogP contribution in [0.5, 0.6) is 0 Å². The summed E-state index contributed by atoms with van der Waals surface area (Å²) in [5.74, 6) is -0.00588. The molecule has 1 aliphatic rings. The molecule has 2 atom stereocenters. The molecule has 0 N–H and O–H groups in total. The number of para-hydroxylation sites is 1. The molecule has 0 aromatic heterocycles. The van der Waals surface area contributed by atoms with Crippen molar-refractivity contribution in [3.8, 4) is 0 Å². The maximum Gasteiger partial charge on any atom is 0.416 e. The zero-order valence-electron chi connectivity index (χ0n) is 15.7. The van der Waals surface area contributed by atoms with E-state index in [-0.39, 0.29) is 18.6 Å². The van der Waals surface area contributed by atoms with Gasteiger partial charge in [0.1, 0.15) is 0 Å². The van der Waals surface area contributed by atoms with Gasteiger partial charge >= 0.3 is 12.3 Å². The first-order valence-electron chi connectivity index (χ1n) is 9.34. The molecule has 0 saturated carbocycles. The van der Waals surface area contributed by atoms with Crippen molar-refractivity contribution >= 4 is 5.69 Å². The zero-order valence-corrected chi connectivity index (χ0v) is 15.7. The van der Waals surface area contributed by atoms with Crippen LogP contribution in [-0.4, -0.2) is 25.3 Å². The molecule has 0 radical (unpaired) electrons. The number of piperidine rings is 1. The van der Waals surface area contributed by atoms with E-state index >= 15 is 0 Å². The van der Waals surface area contributed by atoms with E-state index in [1.165, 1.54) is 12.1 Å². The second-order valence-corrected chi connectivity index (χ2v) is 7.11. The highest BCUT2D eigenvalue weighted by Crippen LogP contribution is 2.36. The molecule has 2 aromatic carbocycles. The molecule has 3 rings (SSSR count). The van der Waals surface area contributed by atoms with Gasteiger partial charge in [-0.1, -0.05) is 36.9 Å². The lowest BCUT2D eigenvalue weighted by Gasteiger charge is -2.41. The number of ether oxygens (including phenoxy) is 1. The van der Waals surface area contributed by atoms with Crippen LogP contribution < -0.4 is 4.90 Å². The molecule has 0 amide bonds. The second kappa shape index (κ2) is 8.53. The smallest absolute Gasteiger partial charge is 0.366 e. The Labute approximate surface area is 166 Å². The summed E-state index contributed by atoms with van der Waals surface area (Å²) < 4.78 is 70.1. The SMILES string of the molecule is C=CC(F)(F)OCC1CCC(c2ccc(C(F)(F)F)cc2)CN1c1ccccc1. The van der Waals surface area contributed by atoms with Crippen molar-refractivity contribution in [3.05, 3.63) is 78.4 Å². The summed E-state index contributed by atoms with van der Waals surface area (Å²) in [6.07, 6.45) is -6.06. The van der Waals surface area contributed by atoms with E-state index in [2.05, 4.69) is 6.58 Å². The minimum Gasteiger partial charge on any atom is -0.366 e. The summed E-state index contributed by atoms with van der Waals surface area (Å²) in [6.45, 7) is 3.41. The third kappa shape index (κ3) is 5.35. The van der Waals surface area contributed by atoms with Crippen molar-refractivity contribution < 1.29 is 26.7 Å². The quantitative estimate of drug-likeness (QED) is 0.411. The van der Waals surface area contributed by atoms with Gasteiger partial charge in [0, 0.05) is 24.2 Å². The Kier molecular flexibility index (Phi) is 6.27. The lowest BCUT2D eigenvalue weighted by molar-refractivity contribution is -0.203. The second-order valence-electron chi connectivity index (χ2n) is 7.11. The van der Waals surface area contributed by atoms with Crippen LogP contribution in [0.1, 0.15) is 29.9 Å². The minimum atomic E-state index is -4.38. The van der Waals surface area contributed by atoms with Gasteiger partial charge in [-0.05, 0) is 42.7 Å². The predicted molar refractivity (Wildman–Crippen MR) is 102 cm³/mol. The highest BCUT2D eigenvalue weighted by atomic mass is 19.4. The fourth-order valence-corrected chi connectivity index (χ4v) is 3.62. The molecule has 2 unspecified atom stereocenters. The van der Waals surface area contributed by atoms with Gasteiger partial charge in [-0.25, -0.2) is 0 Å². The van der Waals surface area contributed by atoms with Crippen molar-refractivity contribution in [1.82, 2.24) is 0 Å². The normalized spacial score (nSPS) is 20.5. The molecule has 2 nitrogen and oxygen atoms in total. The Balaban J connectivity index is 1.78. The molecule has 29 heavy (non-hydrogen) atoms. The number of hydrogen-bond donors (Lipinski definition) is 0. The zero-order chi connectivity index (χ0) is 21.1. The first-order chi connectivity index (χ1) is 13.7. The highest BCUT2D eigenvalue weighted by Gasteiger charge is 2.34. The molecule has 0 bridgehead atoms. The summed E-state index contributed by atoms with van der Waals surface area (Å²) in [4.78, 5) is 1.99. The number of anilines is 1. The summed E-state index contributed by atoms with van der Waals surface area (Å²) >= 11 is 0. The number of nitrogens with zero attached hydrogens (tertiary/aromatic N) is 1. The summed E-state index contributed by atoms with van der Waals surface area (Å²) in [7, 11) is 0. The third-order valence-electron chi connectivity index (χ3n) is 5.21. The molecule has 0 spiro atoms. The van der Waals surface area contributed by atoms with E-state index in [0.29, 0.717) is 25.5 Å². The summed E-state index contributed by atoms with van der Waals surface area (Å²) in [5, 5.41) is 0. The van der Waals surface area contributed by atoms with Crippen LogP contribution in [-0.2, 0) is 10.9 Å². The Hall–Kier alpha value is -2.41. The van der Waals surface area contributed by atoms with Crippen molar-refractivity contribution in [2.45, 2.75) is 37.1 Å². The topological polar surface area (TPSA) is 12.5 Å². The highest BCUT2D eigenvalue weighted by molar-refractivity contribution is 5.48. The van der Waals surface area contributed by atoms with Crippen molar-refractivity contribution in [2.24, 2.45) is 0 Å². The molecule has 1 aliphatic heterocycles. The van der Waals surface area contributed by atoms with Gasteiger partial charge in [0.25, 0.3) is 0 Å². The van der Waals surface area contributed by atoms with E-state index in [9.17, 15) is 22.0 Å². The average Bonchev–Trinajstić information content (AvgIpc) is 2.72. The largest absolute Gasteiger partial charge is 0.416 e. The van der Waals surface area contributed by atoms with Gasteiger partial charge < -0.3 is 9.64 Å². The van der Waals surface area contributed by atoms with Gasteiger partial charge in [-0.15, -0.1) is 0 Å².